The highest BCUT2D eigenvalue weighted by atomic mass is 16.3. The van der Waals surface area contributed by atoms with Crippen LogP contribution in [-0.2, 0) is 13.1 Å². The van der Waals surface area contributed by atoms with Gasteiger partial charge in [-0.25, -0.2) is 0 Å². The normalized spacial score (nSPS) is 24.5. The van der Waals surface area contributed by atoms with E-state index in [9.17, 15) is 5.11 Å². The number of aliphatic hydroxyl groups is 1. The van der Waals surface area contributed by atoms with Crippen molar-refractivity contribution in [2.45, 2.75) is 63.8 Å². The molecule has 1 N–H and O–H groups in total. The SMILES string of the molecule is OC(C1CC1)C1CCC(N(Cc2ccccc2)Cc2ccccc2)CC1. The Morgan fingerprint density at radius 1 is 0.692 bits per heavy atom. The Hall–Kier alpha value is -1.64. The van der Waals surface area contributed by atoms with Crippen LogP contribution in [0, 0.1) is 11.8 Å². The molecule has 0 radical (unpaired) electrons. The van der Waals surface area contributed by atoms with Crippen LogP contribution < -0.4 is 0 Å². The van der Waals surface area contributed by atoms with E-state index in [1.54, 1.807) is 0 Å². The van der Waals surface area contributed by atoms with Crippen LogP contribution in [0.4, 0.5) is 0 Å². The molecule has 138 valence electrons. The molecule has 0 spiro atoms. The topological polar surface area (TPSA) is 23.5 Å². The number of benzene rings is 2. The minimum absolute atomic E-state index is 0.0346. The molecule has 0 heterocycles. The first-order valence-corrected chi connectivity index (χ1v) is 10.3. The van der Waals surface area contributed by atoms with Gasteiger partial charge in [0.2, 0.25) is 0 Å². The summed E-state index contributed by atoms with van der Waals surface area (Å²) in [5, 5.41) is 10.5. The van der Waals surface area contributed by atoms with Crippen LogP contribution in [0.25, 0.3) is 0 Å². The van der Waals surface area contributed by atoms with Gasteiger partial charge < -0.3 is 5.11 Å². The Labute approximate surface area is 157 Å². The van der Waals surface area contributed by atoms with Gasteiger partial charge in [-0.2, -0.15) is 0 Å². The smallest absolute Gasteiger partial charge is 0.0596 e. The second-order valence-corrected chi connectivity index (χ2v) is 8.27. The molecule has 0 amide bonds. The molecular formula is C24H31NO. The maximum atomic E-state index is 10.5. The van der Waals surface area contributed by atoms with Crippen LogP contribution in [0.2, 0.25) is 0 Å². The molecule has 0 bridgehead atoms. The first-order chi connectivity index (χ1) is 12.8. The maximum Gasteiger partial charge on any atom is 0.0596 e. The Kier molecular flexibility index (Phi) is 5.72. The van der Waals surface area contributed by atoms with Crippen molar-refractivity contribution >= 4 is 0 Å². The van der Waals surface area contributed by atoms with Crippen LogP contribution in [0.15, 0.2) is 60.7 Å². The van der Waals surface area contributed by atoms with Crippen LogP contribution >= 0.6 is 0 Å². The van der Waals surface area contributed by atoms with E-state index in [0.717, 1.165) is 13.1 Å². The molecule has 26 heavy (non-hydrogen) atoms. The van der Waals surface area contributed by atoms with E-state index >= 15 is 0 Å². The van der Waals surface area contributed by atoms with Gasteiger partial charge in [-0.15, -0.1) is 0 Å². The van der Waals surface area contributed by atoms with Crippen molar-refractivity contribution in [3.63, 3.8) is 0 Å². The summed E-state index contributed by atoms with van der Waals surface area (Å²) in [7, 11) is 0. The molecule has 2 heteroatoms. The van der Waals surface area contributed by atoms with Crippen molar-refractivity contribution in [1.29, 1.82) is 0 Å². The molecule has 1 unspecified atom stereocenters. The van der Waals surface area contributed by atoms with Gasteiger partial charge in [-0.3, -0.25) is 4.90 Å². The first kappa shape index (κ1) is 17.8. The van der Waals surface area contributed by atoms with Crippen molar-refractivity contribution in [2.75, 3.05) is 0 Å². The van der Waals surface area contributed by atoms with Crippen LogP contribution in [-0.4, -0.2) is 22.2 Å². The quantitative estimate of drug-likeness (QED) is 0.759. The molecule has 0 aromatic heterocycles. The summed E-state index contributed by atoms with van der Waals surface area (Å²) in [5.74, 6) is 1.15. The van der Waals surface area contributed by atoms with E-state index in [1.807, 2.05) is 0 Å². The van der Waals surface area contributed by atoms with Gasteiger partial charge in [0.05, 0.1) is 6.10 Å². The van der Waals surface area contributed by atoms with Crippen molar-refractivity contribution in [1.82, 2.24) is 4.90 Å². The van der Waals surface area contributed by atoms with Gasteiger partial charge in [0.1, 0.15) is 0 Å². The molecule has 2 aromatic carbocycles. The number of aliphatic hydroxyl groups excluding tert-OH is 1. The summed E-state index contributed by atoms with van der Waals surface area (Å²) in [5.41, 5.74) is 2.78. The largest absolute Gasteiger partial charge is 0.393 e. The summed E-state index contributed by atoms with van der Waals surface area (Å²) in [6.45, 7) is 2.02. The van der Waals surface area contributed by atoms with E-state index in [4.69, 9.17) is 0 Å². The number of rotatable bonds is 7. The number of nitrogens with zero attached hydrogens (tertiary/aromatic N) is 1. The first-order valence-electron chi connectivity index (χ1n) is 10.3. The van der Waals surface area contributed by atoms with Gasteiger partial charge in [0.15, 0.2) is 0 Å². The summed E-state index contributed by atoms with van der Waals surface area (Å²) < 4.78 is 0. The standard InChI is InChI=1S/C24H31NO/c26-24(21-11-12-21)22-13-15-23(16-14-22)25(17-19-7-3-1-4-8-19)18-20-9-5-2-6-10-20/h1-10,21-24,26H,11-18H2. The fraction of sp³-hybridized carbons (Fsp3) is 0.500. The van der Waals surface area contributed by atoms with E-state index in [0.29, 0.717) is 17.9 Å². The third-order valence-electron chi connectivity index (χ3n) is 6.30. The summed E-state index contributed by atoms with van der Waals surface area (Å²) >= 11 is 0. The Bertz CT molecular complexity index is 618. The van der Waals surface area contributed by atoms with E-state index in [2.05, 4.69) is 65.6 Å². The number of hydrogen-bond acceptors (Lipinski definition) is 2. The van der Waals surface area contributed by atoms with Crippen molar-refractivity contribution < 1.29 is 5.11 Å². The Morgan fingerprint density at radius 3 is 1.54 bits per heavy atom. The summed E-state index contributed by atoms with van der Waals surface area (Å²) in [6, 6.07) is 22.3. The molecule has 0 saturated heterocycles. The van der Waals surface area contributed by atoms with Crippen molar-refractivity contribution in [3.8, 4) is 0 Å². The molecule has 0 aliphatic heterocycles. The molecule has 2 nitrogen and oxygen atoms in total. The lowest BCUT2D eigenvalue weighted by molar-refractivity contribution is 0.0385. The summed E-state index contributed by atoms with van der Waals surface area (Å²) in [4.78, 5) is 2.66. The highest BCUT2D eigenvalue weighted by Gasteiger charge is 2.37. The van der Waals surface area contributed by atoms with Gasteiger partial charge >= 0.3 is 0 Å². The van der Waals surface area contributed by atoms with Gasteiger partial charge in [0.25, 0.3) is 0 Å². The average molecular weight is 350 g/mol. The molecule has 4 rings (SSSR count). The zero-order valence-electron chi connectivity index (χ0n) is 15.6. The van der Waals surface area contributed by atoms with Gasteiger partial charge in [-0.1, -0.05) is 60.7 Å². The lowest BCUT2D eigenvalue weighted by Crippen LogP contribution is -2.39. The summed E-state index contributed by atoms with van der Waals surface area (Å²) in [6.07, 6.45) is 7.25. The van der Waals surface area contributed by atoms with Crippen molar-refractivity contribution in [3.05, 3.63) is 71.8 Å². The monoisotopic (exact) mass is 349 g/mol. The van der Waals surface area contributed by atoms with Crippen LogP contribution in [0.3, 0.4) is 0 Å². The second kappa shape index (κ2) is 8.37. The highest BCUT2D eigenvalue weighted by Crippen LogP contribution is 2.41. The third-order valence-corrected chi connectivity index (χ3v) is 6.30. The molecular weight excluding hydrogens is 318 g/mol. The predicted octanol–water partition coefficient (Wildman–Crippen LogP) is 5.02. The van der Waals surface area contributed by atoms with E-state index < -0.39 is 0 Å². The van der Waals surface area contributed by atoms with Crippen LogP contribution in [0.1, 0.15) is 49.7 Å². The highest BCUT2D eigenvalue weighted by molar-refractivity contribution is 5.17. The van der Waals surface area contributed by atoms with E-state index in [1.165, 1.54) is 49.7 Å². The Morgan fingerprint density at radius 2 is 1.12 bits per heavy atom. The zero-order valence-corrected chi connectivity index (χ0v) is 15.6. The van der Waals surface area contributed by atoms with Gasteiger partial charge in [0, 0.05) is 19.1 Å². The molecule has 2 aliphatic carbocycles. The molecule has 2 fully saturated rings. The lowest BCUT2D eigenvalue weighted by atomic mass is 9.80. The maximum absolute atomic E-state index is 10.5. The van der Waals surface area contributed by atoms with Gasteiger partial charge in [-0.05, 0) is 61.5 Å². The predicted molar refractivity (Wildman–Crippen MR) is 107 cm³/mol. The molecule has 2 aliphatic rings. The minimum Gasteiger partial charge on any atom is -0.393 e. The molecule has 2 saturated carbocycles. The zero-order chi connectivity index (χ0) is 17.8. The third kappa shape index (κ3) is 4.55. The number of hydrogen-bond donors (Lipinski definition) is 1. The van der Waals surface area contributed by atoms with Crippen molar-refractivity contribution in [2.24, 2.45) is 11.8 Å². The van der Waals surface area contributed by atoms with E-state index in [-0.39, 0.29) is 6.10 Å². The molecule has 2 aromatic rings. The second-order valence-electron chi connectivity index (χ2n) is 8.27. The fourth-order valence-electron chi connectivity index (χ4n) is 4.58. The average Bonchev–Trinajstić information content (AvgIpc) is 3.54. The Balaban J connectivity index is 1.42. The molecule has 1 atom stereocenters. The van der Waals surface area contributed by atoms with Crippen LogP contribution in [0.5, 0.6) is 0 Å². The lowest BCUT2D eigenvalue weighted by Gasteiger charge is -2.38. The minimum atomic E-state index is -0.0346. The fourth-order valence-corrected chi connectivity index (χ4v) is 4.58.